The maximum Gasteiger partial charge on any atom is 0.229 e. The van der Waals surface area contributed by atoms with E-state index in [4.69, 9.17) is 4.98 Å². The zero-order chi connectivity index (χ0) is 17.1. The molecule has 0 bridgehead atoms. The van der Waals surface area contributed by atoms with E-state index in [0.717, 1.165) is 61.7 Å². The second-order valence-electron chi connectivity index (χ2n) is 6.80. The third kappa shape index (κ3) is 3.85. The molecule has 132 valence electrons. The number of thiazole rings is 1. The van der Waals surface area contributed by atoms with Crippen LogP contribution in [0.4, 0.5) is 10.8 Å². The number of aryl methyl sites for hydroxylation is 1. The Hall–Kier alpha value is -1.92. The summed E-state index contributed by atoms with van der Waals surface area (Å²) in [7, 11) is 0. The van der Waals surface area contributed by atoms with Crippen LogP contribution in [0.5, 0.6) is 0 Å². The number of nitrogens with zero attached hydrogens (tertiary/aromatic N) is 1. The van der Waals surface area contributed by atoms with Gasteiger partial charge in [0.25, 0.3) is 0 Å². The normalized spacial score (nSPS) is 20.7. The van der Waals surface area contributed by atoms with Crippen LogP contribution in [0.1, 0.15) is 42.2 Å². The second kappa shape index (κ2) is 7.54. The average Bonchev–Trinajstić information content (AvgIpc) is 3.05. The van der Waals surface area contributed by atoms with Crippen molar-refractivity contribution in [1.82, 2.24) is 15.6 Å². The number of benzene rings is 1. The van der Waals surface area contributed by atoms with Gasteiger partial charge in [-0.15, -0.1) is 11.3 Å². The Morgan fingerprint density at radius 1 is 1.16 bits per heavy atom. The van der Waals surface area contributed by atoms with Gasteiger partial charge in [-0.3, -0.25) is 4.79 Å². The minimum atomic E-state index is -0.0961. The van der Waals surface area contributed by atoms with E-state index >= 15 is 0 Å². The van der Waals surface area contributed by atoms with E-state index in [-0.39, 0.29) is 11.8 Å². The Morgan fingerprint density at radius 3 is 2.76 bits per heavy atom. The number of carbonyl (C=O) groups is 1. The smallest absolute Gasteiger partial charge is 0.229 e. The Morgan fingerprint density at radius 2 is 1.96 bits per heavy atom. The number of hydrogen-bond donors (Lipinski definition) is 3. The van der Waals surface area contributed by atoms with Gasteiger partial charge in [-0.05, 0) is 57.3 Å². The Kier molecular flexibility index (Phi) is 4.99. The molecule has 0 saturated carbocycles. The van der Waals surface area contributed by atoms with Crippen LogP contribution in [0.25, 0.3) is 0 Å². The quantitative estimate of drug-likeness (QED) is 0.787. The van der Waals surface area contributed by atoms with E-state index in [9.17, 15) is 4.79 Å². The van der Waals surface area contributed by atoms with Crippen LogP contribution in [0.15, 0.2) is 30.3 Å². The fraction of sp³-hybridized carbons (Fsp3) is 0.474. The summed E-state index contributed by atoms with van der Waals surface area (Å²) in [4.78, 5) is 18.8. The summed E-state index contributed by atoms with van der Waals surface area (Å²) >= 11 is 1.69. The van der Waals surface area contributed by atoms with Crippen molar-refractivity contribution in [2.24, 2.45) is 0 Å². The predicted octanol–water partition coefficient (Wildman–Crippen LogP) is 3.17. The lowest BCUT2D eigenvalue weighted by Crippen LogP contribution is -2.44. The first-order valence-electron chi connectivity index (χ1n) is 9.12. The molecule has 1 aliphatic heterocycles. The molecule has 5 nitrogen and oxygen atoms in total. The standard InChI is InChI=1S/C19H24N4OS/c24-18(21-14-9-11-20-12-10-14)15-7-4-8-16-17(15)23-19(25-16)22-13-5-2-1-3-6-13/h1-3,5-6,14-15,20H,4,7-12H2,(H,21,24)(H,22,23). The maximum absolute atomic E-state index is 12.8. The van der Waals surface area contributed by atoms with Crippen molar-refractivity contribution >= 4 is 28.1 Å². The first-order chi connectivity index (χ1) is 12.3. The van der Waals surface area contributed by atoms with Crippen LogP contribution in [-0.2, 0) is 11.2 Å². The summed E-state index contributed by atoms with van der Waals surface area (Å²) in [6.07, 6.45) is 5.02. The first kappa shape index (κ1) is 16.5. The van der Waals surface area contributed by atoms with Crippen molar-refractivity contribution in [1.29, 1.82) is 0 Å². The molecule has 0 spiro atoms. The molecule has 4 rings (SSSR count). The van der Waals surface area contributed by atoms with E-state index in [0.29, 0.717) is 6.04 Å². The van der Waals surface area contributed by atoms with Gasteiger partial charge in [-0.1, -0.05) is 18.2 Å². The lowest BCUT2D eigenvalue weighted by atomic mass is 9.90. The number of piperidine rings is 1. The van der Waals surface area contributed by atoms with Crippen molar-refractivity contribution in [3.05, 3.63) is 40.9 Å². The third-order valence-electron chi connectivity index (χ3n) is 4.98. The number of amides is 1. The molecule has 1 aromatic carbocycles. The highest BCUT2D eigenvalue weighted by molar-refractivity contribution is 7.15. The molecule has 3 N–H and O–H groups in total. The number of fused-ring (bicyclic) bond motifs is 1. The number of carbonyl (C=O) groups excluding carboxylic acids is 1. The Labute approximate surface area is 152 Å². The van der Waals surface area contributed by atoms with E-state index in [1.807, 2.05) is 30.3 Å². The molecule has 1 saturated heterocycles. The number of nitrogens with one attached hydrogen (secondary N) is 3. The first-order valence-corrected chi connectivity index (χ1v) is 9.94. The molecule has 2 aromatic rings. The second-order valence-corrected chi connectivity index (χ2v) is 7.88. The predicted molar refractivity (Wildman–Crippen MR) is 102 cm³/mol. The monoisotopic (exact) mass is 356 g/mol. The summed E-state index contributed by atoms with van der Waals surface area (Å²) in [6.45, 7) is 1.98. The zero-order valence-electron chi connectivity index (χ0n) is 14.3. The molecule has 1 unspecified atom stereocenters. The van der Waals surface area contributed by atoms with Gasteiger partial charge in [0.1, 0.15) is 0 Å². The van der Waals surface area contributed by atoms with Gasteiger partial charge in [0.15, 0.2) is 5.13 Å². The molecule has 1 aromatic heterocycles. The van der Waals surface area contributed by atoms with Crippen molar-refractivity contribution < 1.29 is 4.79 Å². The Bertz CT molecular complexity index is 724. The Balaban J connectivity index is 1.48. The maximum atomic E-state index is 12.8. The SMILES string of the molecule is O=C(NC1CCNCC1)C1CCCc2sc(Nc3ccccc3)nc21. The molecular formula is C19H24N4OS. The van der Waals surface area contributed by atoms with Gasteiger partial charge in [0, 0.05) is 16.6 Å². The number of para-hydroxylation sites is 1. The molecule has 2 aliphatic rings. The van der Waals surface area contributed by atoms with Gasteiger partial charge in [-0.25, -0.2) is 4.98 Å². The van der Waals surface area contributed by atoms with Gasteiger partial charge in [0.05, 0.1) is 11.6 Å². The minimum Gasteiger partial charge on any atom is -0.353 e. The molecule has 1 aliphatic carbocycles. The van der Waals surface area contributed by atoms with E-state index in [1.165, 1.54) is 4.88 Å². The van der Waals surface area contributed by atoms with E-state index in [1.54, 1.807) is 11.3 Å². The lowest BCUT2D eigenvalue weighted by Gasteiger charge is -2.27. The minimum absolute atomic E-state index is 0.0961. The topological polar surface area (TPSA) is 66.1 Å². The van der Waals surface area contributed by atoms with Gasteiger partial charge < -0.3 is 16.0 Å². The molecule has 6 heteroatoms. The summed E-state index contributed by atoms with van der Waals surface area (Å²) in [5, 5.41) is 10.8. The molecule has 1 amide bonds. The van der Waals surface area contributed by atoms with Crippen LogP contribution in [0.2, 0.25) is 0 Å². The number of anilines is 2. The van der Waals surface area contributed by atoms with E-state index < -0.39 is 0 Å². The highest BCUT2D eigenvalue weighted by atomic mass is 32.1. The largest absolute Gasteiger partial charge is 0.353 e. The number of rotatable bonds is 4. The van der Waals surface area contributed by atoms with Crippen molar-refractivity contribution in [2.75, 3.05) is 18.4 Å². The highest BCUT2D eigenvalue weighted by Crippen LogP contribution is 2.37. The average molecular weight is 356 g/mol. The molecule has 0 radical (unpaired) electrons. The van der Waals surface area contributed by atoms with Gasteiger partial charge >= 0.3 is 0 Å². The lowest BCUT2D eigenvalue weighted by molar-refractivity contribution is -0.123. The zero-order valence-corrected chi connectivity index (χ0v) is 15.1. The van der Waals surface area contributed by atoms with Crippen molar-refractivity contribution in [2.45, 2.75) is 44.1 Å². The highest BCUT2D eigenvalue weighted by Gasteiger charge is 2.31. The van der Waals surface area contributed by atoms with Gasteiger partial charge in [-0.2, -0.15) is 0 Å². The van der Waals surface area contributed by atoms with Crippen LogP contribution in [0.3, 0.4) is 0 Å². The summed E-state index contributed by atoms with van der Waals surface area (Å²) in [5.41, 5.74) is 2.02. The fourth-order valence-corrected chi connectivity index (χ4v) is 4.73. The molecule has 1 atom stereocenters. The third-order valence-corrected chi connectivity index (χ3v) is 6.03. The van der Waals surface area contributed by atoms with Crippen LogP contribution >= 0.6 is 11.3 Å². The fourth-order valence-electron chi connectivity index (χ4n) is 3.64. The van der Waals surface area contributed by atoms with Crippen molar-refractivity contribution in [3.63, 3.8) is 0 Å². The number of aromatic nitrogens is 1. The molecule has 25 heavy (non-hydrogen) atoms. The van der Waals surface area contributed by atoms with Crippen LogP contribution in [-0.4, -0.2) is 30.0 Å². The van der Waals surface area contributed by atoms with Gasteiger partial charge in [0.2, 0.25) is 5.91 Å². The van der Waals surface area contributed by atoms with Crippen LogP contribution < -0.4 is 16.0 Å². The molecule has 2 heterocycles. The van der Waals surface area contributed by atoms with Crippen molar-refractivity contribution in [3.8, 4) is 0 Å². The van der Waals surface area contributed by atoms with Crippen LogP contribution in [0, 0.1) is 0 Å². The summed E-state index contributed by atoms with van der Waals surface area (Å²) in [6, 6.07) is 10.4. The number of hydrogen-bond acceptors (Lipinski definition) is 5. The summed E-state index contributed by atoms with van der Waals surface area (Å²) < 4.78 is 0. The molecule has 1 fully saturated rings. The van der Waals surface area contributed by atoms with E-state index in [2.05, 4.69) is 16.0 Å². The molecular weight excluding hydrogens is 332 g/mol. The summed E-state index contributed by atoms with van der Waals surface area (Å²) in [5.74, 6) is 0.0608.